The number of likely N-dealkylation sites (N-methyl/N-ethyl adjacent to an activating group) is 2. The van der Waals surface area contributed by atoms with Gasteiger partial charge in [0.2, 0.25) is 0 Å². The first-order valence-electron chi connectivity index (χ1n) is 11.6. The Morgan fingerprint density at radius 2 is 0.871 bits per heavy atom. The third-order valence-corrected chi connectivity index (χ3v) is 13.6. The van der Waals surface area contributed by atoms with Crippen LogP contribution in [0.2, 0.25) is 12.1 Å². The van der Waals surface area contributed by atoms with E-state index in [4.69, 9.17) is 21.8 Å². The van der Waals surface area contributed by atoms with Gasteiger partial charge in [-0.05, 0) is 40.0 Å². The van der Waals surface area contributed by atoms with E-state index in [2.05, 4.69) is 33.7 Å². The fourth-order valence-corrected chi connectivity index (χ4v) is 10.6. The molecule has 2 fully saturated rings. The second kappa shape index (κ2) is 13.7. The average molecular weight is 479 g/mol. The van der Waals surface area contributed by atoms with Crippen LogP contribution >= 0.6 is 0 Å². The lowest BCUT2D eigenvalue weighted by Crippen LogP contribution is -2.57. The Labute approximate surface area is 192 Å². The molecule has 0 aromatic carbocycles. The molecule has 0 aromatic rings. The van der Waals surface area contributed by atoms with E-state index >= 15 is 0 Å². The highest BCUT2D eigenvalue weighted by Gasteiger charge is 2.51. The van der Waals surface area contributed by atoms with E-state index in [9.17, 15) is 0 Å². The molecule has 0 unspecified atom stereocenters. The van der Waals surface area contributed by atoms with Gasteiger partial charge in [-0.25, -0.2) is 0 Å². The maximum atomic E-state index is 6.57. The Balaban J connectivity index is 1.86. The van der Waals surface area contributed by atoms with Gasteiger partial charge in [-0.15, -0.1) is 0 Å². The van der Waals surface area contributed by atoms with Crippen molar-refractivity contribution >= 4 is 17.6 Å². The van der Waals surface area contributed by atoms with Crippen molar-refractivity contribution in [3.63, 3.8) is 0 Å². The lowest BCUT2D eigenvalue weighted by Gasteiger charge is -2.37. The third-order valence-electron chi connectivity index (χ3n) is 6.66. The number of rotatable bonds is 14. The molecule has 0 radical (unpaired) electrons. The van der Waals surface area contributed by atoms with Gasteiger partial charge in [0.1, 0.15) is 0 Å². The highest BCUT2D eigenvalue weighted by Crippen LogP contribution is 2.26. The van der Waals surface area contributed by atoms with E-state index in [0.717, 1.165) is 90.4 Å². The van der Waals surface area contributed by atoms with Gasteiger partial charge in [0.25, 0.3) is 0 Å². The van der Waals surface area contributed by atoms with Crippen molar-refractivity contribution in [1.29, 1.82) is 0 Å². The van der Waals surface area contributed by atoms with Crippen molar-refractivity contribution < 1.29 is 21.8 Å². The predicted octanol–water partition coefficient (Wildman–Crippen LogP) is 0.741. The van der Waals surface area contributed by atoms with Crippen molar-refractivity contribution in [1.82, 2.24) is 19.6 Å². The number of piperazine rings is 2. The molecule has 9 nitrogen and oxygen atoms in total. The molecule has 0 atom stereocenters. The SMILES string of the molecule is CO[Si](CCCN1CCN(C)CC1)(OC)O[Si](CCCN1CCN(C)CC1)(OC)OC. The van der Waals surface area contributed by atoms with E-state index in [0.29, 0.717) is 0 Å². The summed E-state index contributed by atoms with van der Waals surface area (Å²) in [5, 5.41) is 0. The highest BCUT2D eigenvalue weighted by atomic mass is 28.5. The van der Waals surface area contributed by atoms with Gasteiger partial charge in [-0.2, -0.15) is 0 Å². The highest BCUT2D eigenvalue weighted by molar-refractivity contribution is 6.74. The van der Waals surface area contributed by atoms with Crippen molar-refractivity contribution in [2.45, 2.75) is 24.9 Å². The summed E-state index contributed by atoms with van der Waals surface area (Å²) in [7, 11) is 5.42. The molecule has 2 aliphatic rings. The first-order valence-corrected chi connectivity index (χ1v) is 15.5. The van der Waals surface area contributed by atoms with E-state index in [1.54, 1.807) is 28.4 Å². The second-order valence-electron chi connectivity index (χ2n) is 8.78. The molecule has 0 saturated carbocycles. The largest absolute Gasteiger partial charge is 0.493 e. The molecule has 0 spiro atoms. The summed E-state index contributed by atoms with van der Waals surface area (Å²) in [6.07, 6.45) is 1.97. The Bertz CT molecular complexity index is 442. The smallest absolute Gasteiger partial charge is 0.377 e. The van der Waals surface area contributed by atoms with Crippen LogP contribution in [-0.2, 0) is 21.8 Å². The lowest BCUT2D eigenvalue weighted by molar-refractivity contribution is 0.0829. The van der Waals surface area contributed by atoms with Crippen LogP contribution in [0.4, 0.5) is 0 Å². The summed E-state index contributed by atoms with van der Waals surface area (Å²) < 4.78 is 30.1. The van der Waals surface area contributed by atoms with E-state index in [-0.39, 0.29) is 0 Å². The number of nitrogens with zero attached hydrogens (tertiary/aromatic N) is 4. The summed E-state index contributed by atoms with van der Waals surface area (Å²) in [6, 6.07) is 1.54. The summed E-state index contributed by atoms with van der Waals surface area (Å²) in [5.41, 5.74) is 0. The zero-order valence-electron chi connectivity index (χ0n) is 20.7. The van der Waals surface area contributed by atoms with Gasteiger partial charge >= 0.3 is 17.6 Å². The van der Waals surface area contributed by atoms with Crippen LogP contribution < -0.4 is 0 Å². The zero-order valence-corrected chi connectivity index (χ0v) is 22.7. The monoisotopic (exact) mass is 478 g/mol. The molecule has 2 heterocycles. The minimum Gasteiger partial charge on any atom is -0.377 e. The van der Waals surface area contributed by atoms with E-state index < -0.39 is 17.6 Å². The summed E-state index contributed by atoms with van der Waals surface area (Å²) in [6.45, 7) is 11.1. The molecule has 11 heteroatoms. The molecule has 2 rings (SSSR count). The molecular formula is C20H46N4O5Si2. The van der Waals surface area contributed by atoms with Crippen LogP contribution in [0.15, 0.2) is 0 Å². The lowest BCUT2D eigenvalue weighted by atomic mass is 10.3. The van der Waals surface area contributed by atoms with Crippen molar-refractivity contribution in [2.24, 2.45) is 0 Å². The Morgan fingerprint density at radius 3 is 1.16 bits per heavy atom. The predicted molar refractivity (Wildman–Crippen MR) is 127 cm³/mol. The van der Waals surface area contributed by atoms with Crippen molar-refractivity contribution in [2.75, 3.05) is 108 Å². The molecule has 2 aliphatic heterocycles. The van der Waals surface area contributed by atoms with Crippen molar-refractivity contribution in [3.8, 4) is 0 Å². The fourth-order valence-electron chi connectivity index (χ4n) is 4.26. The van der Waals surface area contributed by atoms with E-state index in [1.807, 2.05) is 0 Å². The number of hydrogen-bond donors (Lipinski definition) is 0. The van der Waals surface area contributed by atoms with Gasteiger partial charge in [-0.3, -0.25) is 0 Å². The quantitative estimate of drug-likeness (QED) is 0.337. The molecule has 0 amide bonds. The standard InChI is InChI=1S/C20H46N4O5Si2/c1-21-11-15-23(16-12-21)9-7-19-30(25-3,26-4)29-31(27-5,28-6)20-8-10-24-17-13-22(2)14-18-24/h7-20H2,1-6H3. The number of hydrogen-bond acceptors (Lipinski definition) is 9. The van der Waals surface area contributed by atoms with E-state index in [1.165, 1.54) is 0 Å². The van der Waals surface area contributed by atoms with Crippen LogP contribution in [0.3, 0.4) is 0 Å². The van der Waals surface area contributed by atoms with Gasteiger partial charge in [0, 0.05) is 92.9 Å². The van der Waals surface area contributed by atoms with Crippen LogP contribution in [0.5, 0.6) is 0 Å². The summed E-state index contributed by atoms with van der Waals surface area (Å²) in [5.74, 6) is 0. The molecule has 0 aliphatic carbocycles. The molecule has 184 valence electrons. The maximum absolute atomic E-state index is 6.57. The normalized spacial score (nSPS) is 21.1. The molecule has 2 saturated heterocycles. The molecule has 0 aromatic heterocycles. The van der Waals surface area contributed by atoms with Gasteiger partial charge < -0.3 is 41.4 Å². The van der Waals surface area contributed by atoms with Crippen molar-refractivity contribution in [3.05, 3.63) is 0 Å². The first-order chi connectivity index (χ1) is 14.9. The Morgan fingerprint density at radius 1 is 0.548 bits per heavy atom. The van der Waals surface area contributed by atoms with Crippen LogP contribution in [0, 0.1) is 0 Å². The fraction of sp³-hybridized carbons (Fsp3) is 1.00. The van der Waals surface area contributed by atoms with Crippen LogP contribution in [0.25, 0.3) is 0 Å². The molecular weight excluding hydrogens is 432 g/mol. The second-order valence-corrected chi connectivity index (χ2v) is 15.0. The van der Waals surface area contributed by atoms with Gasteiger partial charge in [-0.1, -0.05) is 0 Å². The first kappa shape index (κ1) is 27.3. The molecule has 0 bridgehead atoms. The minimum absolute atomic E-state index is 0.770. The van der Waals surface area contributed by atoms with Crippen LogP contribution in [0.1, 0.15) is 12.8 Å². The third kappa shape index (κ3) is 8.74. The maximum Gasteiger partial charge on any atom is 0.493 e. The zero-order chi connectivity index (χ0) is 22.7. The Kier molecular flexibility index (Phi) is 12.1. The van der Waals surface area contributed by atoms with Gasteiger partial charge in [0.15, 0.2) is 0 Å². The summed E-state index contributed by atoms with van der Waals surface area (Å²) in [4.78, 5) is 9.78. The minimum atomic E-state index is -2.86. The van der Waals surface area contributed by atoms with Crippen LogP contribution in [-0.4, -0.2) is 145 Å². The molecule has 0 N–H and O–H groups in total. The summed E-state index contributed by atoms with van der Waals surface area (Å²) >= 11 is 0. The topological polar surface area (TPSA) is 59.1 Å². The average Bonchev–Trinajstić information content (AvgIpc) is 2.80. The Hall–Kier alpha value is 0.0738. The molecule has 31 heavy (non-hydrogen) atoms. The van der Waals surface area contributed by atoms with Gasteiger partial charge in [0.05, 0.1) is 0 Å².